The summed E-state index contributed by atoms with van der Waals surface area (Å²) >= 11 is 8.87. The maximum absolute atomic E-state index is 10.1. The molecule has 0 spiro atoms. The first-order valence-corrected chi connectivity index (χ1v) is 13.3. The Morgan fingerprint density at radius 3 is 2.61 bits per heavy atom. The largest absolute Gasteiger partial charge is 0.394 e. The summed E-state index contributed by atoms with van der Waals surface area (Å²) in [5.74, 6) is 0.537. The van der Waals surface area contributed by atoms with E-state index < -0.39 is 0 Å². The number of thioether (sulfide) groups is 1. The van der Waals surface area contributed by atoms with E-state index in [-0.39, 0.29) is 36.6 Å². The van der Waals surface area contributed by atoms with Crippen molar-refractivity contribution < 1.29 is 9.84 Å². The van der Waals surface area contributed by atoms with Gasteiger partial charge in [-0.25, -0.2) is 9.97 Å². The molecular weight excluding hydrogens is 514 g/mol. The molecule has 0 amide bonds. The smallest absolute Gasteiger partial charge is 0.143 e. The monoisotopic (exact) mass is 535 g/mol. The van der Waals surface area contributed by atoms with E-state index in [0.29, 0.717) is 32.5 Å². The van der Waals surface area contributed by atoms with Crippen LogP contribution in [0.25, 0.3) is 16.1 Å². The zero-order chi connectivity index (χ0) is 25.7. The molecule has 0 radical (unpaired) electrons. The van der Waals surface area contributed by atoms with Gasteiger partial charge in [0.15, 0.2) is 0 Å². The van der Waals surface area contributed by atoms with Crippen LogP contribution in [0.4, 0.5) is 5.82 Å². The summed E-state index contributed by atoms with van der Waals surface area (Å²) in [5.41, 5.74) is 9.66. The van der Waals surface area contributed by atoms with Gasteiger partial charge in [0.1, 0.15) is 33.6 Å². The number of aliphatic hydroxyl groups excluding tert-OH is 1. The fraction of sp³-hybridized carbons (Fsp3) is 0.231. The molecule has 10 heteroatoms. The van der Waals surface area contributed by atoms with Crippen molar-refractivity contribution in [2.75, 3.05) is 18.9 Å². The number of nitrogens with zero attached hydrogens (tertiary/aromatic N) is 4. The molecule has 0 aliphatic heterocycles. The van der Waals surface area contributed by atoms with Gasteiger partial charge in [-0.15, -0.1) is 11.3 Å². The zero-order valence-corrected chi connectivity index (χ0v) is 21.7. The summed E-state index contributed by atoms with van der Waals surface area (Å²) in [6, 6.07) is 11.9. The second-order valence-corrected chi connectivity index (χ2v) is 10.2. The number of halogens is 1. The lowest BCUT2D eigenvalue weighted by atomic mass is 9.88. The molecular formula is C26H22ClN5O2S2. The van der Waals surface area contributed by atoms with E-state index >= 15 is 0 Å². The van der Waals surface area contributed by atoms with E-state index in [9.17, 15) is 10.5 Å². The van der Waals surface area contributed by atoms with Crippen LogP contribution < -0.4 is 5.73 Å². The fourth-order valence-corrected chi connectivity index (χ4v) is 5.75. The van der Waals surface area contributed by atoms with Crippen molar-refractivity contribution in [2.45, 2.75) is 23.8 Å². The number of hydrogen-bond acceptors (Lipinski definition) is 9. The lowest BCUT2D eigenvalue weighted by molar-refractivity contribution is 0.0365. The minimum absolute atomic E-state index is 0.0265. The number of pyridine rings is 1. The Bertz CT molecular complexity index is 1400. The first-order chi connectivity index (χ1) is 17.4. The van der Waals surface area contributed by atoms with Gasteiger partial charge in [-0.05, 0) is 17.7 Å². The predicted octanol–water partition coefficient (Wildman–Crippen LogP) is 5.44. The van der Waals surface area contributed by atoms with Crippen LogP contribution in [0.3, 0.4) is 0 Å². The van der Waals surface area contributed by atoms with E-state index in [1.165, 1.54) is 23.1 Å². The first-order valence-electron chi connectivity index (χ1n) is 11.0. The maximum atomic E-state index is 10.1. The quantitative estimate of drug-likeness (QED) is 0.364. The molecule has 3 N–H and O–H groups in total. The molecule has 2 heterocycles. The molecule has 0 fully saturated rings. The lowest BCUT2D eigenvalue weighted by Gasteiger charge is -2.24. The maximum Gasteiger partial charge on any atom is 0.143 e. The van der Waals surface area contributed by atoms with Gasteiger partial charge in [0.25, 0.3) is 0 Å². The predicted molar refractivity (Wildman–Crippen MR) is 143 cm³/mol. The van der Waals surface area contributed by atoms with Crippen molar-refractivity contribution in [2.24, 2.45) is 5.92 Å². The number of rotatable bonds is 8. The third-order valence-electron chi connectivity index (χ3n) is 5.53. The normalized spacial score (nSPS) is 16.9. The number of thiazole rings is 1. The Morgan fingerprint density at radius 1 is 1.19 bits per heavy atom. The van der Waals surface area contributed by atoms with Crippen molar-refractivity contribution in [1.82, 2.24) is 9.97 Å². The van der Waals surface area contributed by atoms with Gasteiger partial charge in [-0.3, -0.25) is 0 Å². The van der Waals surface area contributed by atoms with Gasteiger partial charge in [0, 0.05) is 33.2 Å². The van der Waals surface area contributed by atoms with Gasteiger partial charge in [-0.1, -0.05) is 60.6 Å². The number of nitrogens with two attached hydrogens (primary N) is 1. The van der Waals surface area contributed by atoms with Crippen molar-refractivity contribution in [3.8, 4) is 22.7 Å². The van der Waals surface area contributed by atoms with Gasteiger partial charge < -0.3 is 15.6 Å². The number of nitriles is 2. The van der Waals surface area contributed by atoms with Crippen molar-refractivity contribution in [1.29, 1.82) is 10.5 Å². The van der Waals surface area contributed by atoms with Crippen LogP contribution in [-0.4, -0.2) is 34.4 Å². The van der Waals surface area contributed by atoms with Crippen LogP contribution >= 0.6 is 34.7 Å². The van der Waals surface area contributed by atoms with Crippen LogP contribution in [0.5, 0.6) is 0 Å². The molecule has 0 saturated heterocycles. The molecule has 1 aromatic carbocycles. The molecule has 36 heavy (non-hydrogen) atoms. The molecule has 1 aliphatic carbocycles. The van der Waals surface area contributed by atoms with Crippen LogP contribution in [0.1, 0.15) is 29.3 Å². The molecule has 0 saturated carbocycles. The third kappa shape index (κ3) is 5.62. The van der Waals surface area contributed by atoms with Crippen LogP contribution in [0.2, 0.25) is 5.02 Å². The summed E-state index contributed by atoms with van der Waals surface area (Å²) in [6.07, 6.45) is 5.44. The summed E-state index contributed by atoms with van der Waals surface area (Å²) in [5, 5.41) is 32.9. The van der Waals surface area contributed by atoms with Crippen LogP contribution in [0, 0.1) is 28.6 Å². The molecule has 7 nitrogen and oxygen atoms in total. The van der Waals surface area contributed by atoms with Crippen molar-refractivity contribution in [3.05, 3.63) is 75.3 Å². The molecule has 2 atom stereocenters. The minimum Gasteiger partial charge on any atom is -0.394 e. The summed E-state index contributed by atoms with van der Waals surface area (Å²) in [7, 11) is 0. The number of allylic oxidation sites excluding steroid dienone is 2. The highest BCUT2D eigenvalue weighted by Crippen LogP contribution is 2.37. The van der Waals surface area contributed by atoms with Gasteiger partial charge in [0.05, 0.1) is 30.6 Å². The standard InChI is InChI=1S/C26H22ClN5O2S2/c1-15-10-17(4-7-22(15)34-9-8-33)23-20(11-28)24(30)32-26(21(23)12-29)36-14-19-13-35-25(31-19)16-2-5-18(27)6-3-16/h2-7,10,13,15,22,33H,8-9,14H2,1H3,(H2,30,32). The summed E-state index contributed by atoms with van der Waals surface area (Å²) in [4.78, 5) is 9.09. The Morgan fingerprint density at radius 2 is 1.94 bits per heavy atom. The van der Waals surface area contributed by atoms with Crippen molar-refractivity contribution in [3.63, 3.8) is 0 Å². The molecule has 182 valence electrons. The van der Waals surface area contributed by atoms with Crippen molar-refractivity contribution >= 4 is 46.1 Å². The summed E-state index contributed by atoms with van der Waals surface area (Å²) in [6.45, 7) is 2.14. The van der Waals surface area contributed by atoms with E-state index in [1.54, 1.807) is 0 Å². The minimum atomic E-state index is -0.204. The highest BCUT2D eigenvalue weighted by atomic mass is 35.5. The van der Waals surface area contributed by atoms with E-state index in [2.05, 4.69) is 17.1 Å². The zero-order valence-electron chi connectivity index (χ0n) is 19.3. The lowest BCUT2D eigenvalue weighted by Crippen LogP contribution is -2.22. The Labute approximate surface area is 222 Å². The number of anilines is 1. The SMILES string of the molecule is CC1C=C(c2c(C#N)c(N)nc(SCc3csc(-c4ccc(Cl)cc4)n3)c2C#N)C=CC1OCCO. The molecule has 2 aromatic heterocycles. The average molecular weight is 536 g/mol. The molecule has 2 unspecified atom stereocenters. The van der Waals surface area contributed by atoms with Gasteiger partial charge in [-0.2, -0.15) is 10.5 Å². The Kier molecular flexibility index (Phi) is 8.42. The summed E-state index contributed by atoms with van der Waals surface area (Å²) < 4.78 is 5.65. The van der Waals surface area contributed by atoms with E-state index in [0.717, 1.165) is 16.3 Å². The van der Waals surface area contributed by atoms with E-state index in [1.807, 2.05) is 54.8 Å². The topological polar surface area (TPSA) is 129 Å². The van der Waals surface area contributed by atoms with Crippen LogP contribution in [-0.2, 0) is 10.5 Å². The molecule has 0 bridgehead atoms. The number of hydrogen-bond donors (Lipinski definition) is 2. The Balaban J connectivity index is 1.62. The Hall–Kier alpha value is -3.18. The highest BCUT2D eigenvalue weighted by Gasteiger charge is 2.25. The molecule has 3 aromatic rings. The van der Waals surface area contributed by atoms with E-state index in [4.69, 9.17) is 32.2 Å². The first kappa shape index (κ1) is 25.9. The number of aliphatic hydroxyl groups is 1. The highest BCUT2D eigenvalue weighted by molar-refractivity contribution is 7.98. The average Bonchev–Trinajstić information content (AvgIpc) is 3.35. The second kappa shape index (κ2) is 11.7. The number of ether oxygens (including phenoxy) is 1. The van der Waals surface area contributed by atoms with Crippen LogP contribution in [0.15, 0.2) is 52.9 Å². The molecule has 1 aliphatic rings. The number of nitrogen functional groups attached to an aromatic ring is 1. The molecule has 4 rings (SSSR count). The van der Waals surface area contributed by atoms with Gasteiger partial charge >= 0.3 is 0 Å². The fourth-order valence-electron chi connectivity index (χ4n) is 3.80. The van der Waals surface area contributed by atoms with Gasteiger partial charge in [0.2, 0.25) is 0 Å². The number of aromatic nitrogens is 2. The third-order valence-corrected chi connectivity index (χ3v) is 7.73. The number of benzene rings is 1. The second-order valence-electron chi connectivity index (χ2n) is 7.99.